The summed E-state index contributed by atoms with van der Waals surface area (Å²) in [5.41, 5.74) is 11.2. The van der Waals surface area contributed by atoms with Crippen molar-refractivity contribution < 1.29 is 0 Å². The molecule has 1 unspecified atom stereocenters. The summed E-state index contributed by atoms with van der Waals surface area (Å²) in [5, 5.41) is 11.3. The number of pyridine rings is 1. The van der Waals surface area contributed by atoms with Gasteiger partial charge in [-0.05, 0) is 44.4 Å². The monoisotopic (exact) mass is 532 g/mol. The van der Waals surface area contributed by atoms with Crippen LogP contribution in [0.25, 0.3) is 33.5 Å². The van der Waals surface area contributed by atoms with Gasteiger partial charge in [0.1, 0.15) is 5.65 Å². The van der Waals surface area contributed by atoms with Gasteiger partial charge in [-0.15, -0.1) is 0 Å². The molecule has 0 fully saturated rings. The molecular weight excluding hydrogens is 492 g/mol. The minimum Gasteiger partial charge on any atom is -0.304 e. The standard InChI is InChI=1S/C32H34N6.C2H6/c1-20(2)30-24(6)38(29-15-16-37-22(4)17-33-32(37)23(29)5)35-31(30)26-13-10-14-28-27(26)19-36(34-28)18-21(3)25-11-8-7-9-12-25;1-2/h7-17,19-21H,18H2,1-6H3;1-2H3. The van der Waals surface area contributed by atoms with Crippen LogP contribution in [0.5, 0.6) is 0 Å². The summed E-state index contributed by atoms with van der Waals surface area (Å²) < 4.78 is 6.32. The summed E-state index contributed by atoms with van der Waals surface area (Å²) in [5.74, 6) is 0.686. The molecule has 0 bridgehead atoms. The first-order chi connectivity index (χ1) is 19.3. The lowest BCUT2D eigenvalue weighted by atomic mass is 9.95. The first-order valence-corrected chi connectivity index (χ1v) is 14.4. The molecule has 6 aromatic rings. The number of rotatable bonds is 6. The number of aromatic nitrogens is 6. The van der Waals surface area contributed by atoms with Crippen LogP contribution in [0, 0.1) is 20.8 Å². The molecule has 6 heteroatoms. The van der Waals surface area contributed by atoms with Crippen molar-refractivity contribution in [1.29, 1.82) is 0 Å². The molecule has 6 nitrogen and oxygen atoms in total. The van der Waals surface area contributed by atoms with Gasteiger partial charge in [0, 0.05) is 64.5 Å². The average Bonchev–Trinajstić information content (AvgIpc) is 3.65. The molecule has 0 N–H and O–H groups in total. The molecule has 0 amide bonds. The van der Waals surface area contributed by atoms with Gasteiger partial charge in [0.25, 0.3) is 0 Å². The Kier molecular flexibility index (Phi) is 7.61. The molecule has 0 saturated carbocycles. The van der Waals surface area contributed by atoms with E-state index in [2.05, 4.69) is 127 Å². The maximum absolute atomic E-state index is 5.26. The van der Waals surface area contributed by atoms with E-state index >= 15 is 0 Å². The number of benzene rings is 2. The zero-order valence-electron chi connectivity index (χ0n) is 25.0. The quantitative estimate of drug-likeness (QED) is 0.216. The fraction of sp³-hybridized carbons (Fsp3) is 0.324. The molecule has 0 spiro atoms. The van der Waals surface area contributed by atoms with Crippen molar-refractivity contribution in [2.75, 3.05) is 0 Å². The Labute approximate surface area is 237 Å². The molecule has 6 rings (SSSR count). The van der Waals surface area contributed by atoms with Gasteiger partial charge in [-0.25, -0.2) is 9.67 Å². The highest BCUT2D eigenvalue weighted by Gasteiger charge is 2.23. The van der Waals surface area contributed by atoms with Gasteiger partial charge in [0.15, 0.2) is 0 Å². The lowest BCUT2D eigenvalue weighted by Gasteiger charge is -2.11. The van der Waals surface area contributed by atoms with Crippen LogP contribution >= 0.6 is 0 Å². The van der Waals surface area contributed by atoms with E-state index in [1.165, 1.54) is 11.1 Å². The minimum atomic E-state index is 0.319. The first-order valence-electron chi connectivity index (χ1n) is 14.4. The normalized spacial score (nSPS) is 12.2. The SMILES string of the molecule is CC.Cc1c(-n2nc(-c3cccc4nn(CC(C)c5ccccc5)cc34)c(C(C)C)c2C)ccn2c(C)cnc12. The van der Waals surface area contributed by atoms with Crippen molar-refractivity contribution in [3.63, 3.8) is 0 Å². The highest BCUT2D eigenvalue weighted by molar-refractivity contribution is 5.94. The van der Waals surface area contributed by atoms with Crippen LogP contribution in [0.4, 0.5) is 0 Å². The number of hydrogen-bond donors (Lipinski definition) is 0. The van der Waals surface area contributed by atoms with Crippen LogP contribution < -0.4 is 0 Å². The van der Waals surface area contributed by atoms with E-state index in [0.717, 1.165) is 57.0 Å². The zero-order chi connectivity index (χ0) is 28.6. The number of hydrogen-bond acceptors (Lipinski definition) is 3. The Balaban J connectivity index is 0.00000158. The average molecular weight is 533 g/mol. The predicted octanol–water partition coefficient (Wildman–Crippen LogP) is 8.42. The Morgan fingerprint density at radius 2 is 1.60 bits per heavy atom. The zero-order valence-corrected chi connectivity index (χ0v) is 25.0. The van der Waals surface area contributed by atoms with Crippen molar-refractivity contribution >= 4 is 16.6 Å². The van der Waals surface area contributed by atoms with Gasteiger partial charge < -0.3 is 4.40 Å². The van der Waals surface area contributed by atoms with Gasteiger partial charge in [-0.1, -0.05) is 77.1 Å². The molecule has 4 heterocycles. The third-order valence-corrected chi connectivity index (χ3v) is 7.73. The Hall–Kier alpha value is -4.19. The maximum atomic E-state index is 5.26. The van der Waals surface area contributed by atoms with Crippen LogP contribution in [-0.4, -0.2) is 28.9 Å². The van der Waals surface area contributed by atoms with Gasteiger partial charge in [0.2, 0.25) is 0 Å². The minimum absolute atomic E-state index is 0.319. The van der Waals surface area contributed by atoms with Gasteiger partial charge in [0.05, 0.1) is 16.9 Å². The third-order valence-electron chi connectivity index (χ3n) is 7.73. The van der Waals surface area contributed by atoms with Crippen molar-refractivity contribution in [3.8, 4) is 16.9 Å². The maximum Gasteiger partial charge on any atom is 0.141 e. The molecule has 0 aliphatic carbocycles. The summed E-state index contributed by atoms with van der Waals surface area (Å²) in [7, 11) is 0. The second kappa shape index (κ2) is 11.1. The summed E-state index contributed by atoms with van der Waals surface area (Å²) in [6, 6.07) is 19.2. The molecule has 0 saturated heterocycles. The smallest absolute Gasteiger partial charge is 0.141 e. The van der Waals surface area contributed by atoms with Crippen LogP contribution in [0.1, 0.15) is 74.5 Å². The molecular formula is C34H40N6. The highest BCUT2D eigenvalue weighted by Crippen LogP contribution is 2.37. The summed E-state index contributed by atoms with van der Waals surface area (Å²) in [6.45, 7) is 18.0. The van der Waals surface area contributed by atoms with E-state index in [1.54, 1.807) is 0 Å². The molecule has 2 aromatic carbocycles. The molecule has 1 atom stereocenters. The largest absolute Gasteiger partial charge is 0.304 e. The first kappa shape index (κ1) is 27.4. The summed E-state index contributed by atoms with van der Waals surface area (Å²) in [4.78, 5) is 4.66. The Bertz CT molecular complexity index is 1770. The van der Waals surface area contributed by atoms with E-state index in [1.807, 2.05) is 20.0 Å². The van der Waals surface area contributed by atoms with Gasteiger partial charge in [-0.2, -0.15) is 10.2 Å². The summed E-state index contributed by atoms with van der Waals surface area (Å²) >= 11 is 0. The Morgan fingerprint density at radius 1 is 0.850 bits per heavy atom. The van der Waals surface area contributed by atoms with E-state index in [4.69, 9.17) is 10.2 Å². The van der Waals surface area contributed by atoms with Crippen molar-refractivity contribution in [2.24, 2.45) is 0 Å². The van der Waals surface area contributed by atoms with Crippen LogP contribution in [0.2, 0.25) is 0 Å². The predicted molar refractivity (Wildman–Crippen MR) is 166 cm³/mol. The van der Waals surface area contributed by atoms with Crippen LogP contribution in [0.3, 0.4) is 0 Å². The van der Waals surface area contributed by atoms with Gasteiger partial charge >= 0.3 is 0 Å². The van der Waals surface area contributed by atoms with Crippen LogP contribution in [0.15, 0.2) is 73.2 Å². The number of fused-ring (bicyclic) bond motifs is 2. The molecule has 0 aliphatic rings. The summed E-state index contributed by atoms with van der Waals surface area (Å²) in [6.07, 6.45) is 6.20. The van der Waals surface area contributed by atoms with Crippen molar-refractivity contribution in [2.45, 2.75) is 73.8 Å². The molecule has 0 aliphatic heterocycles. The van der Waals surface area contributed by atoms with E-state index in [9.17, 15) is 0 Å². The molecule has 206 valence electrons. The van der Waals surface area contributed by atoms with E-state index in [0.29, 0.717) is 11.8 Å². The number of imidazole rings is 1. The lowest BCUT2D eigenvalue weighted by Crippen LogP contribution is -2.06. The third kappa shape index (κ3) is 4.72. The molecule has 40 heavy (non-hydrogen) atoms. The van der Waals surface area contributed by atoms with Crippen LogP contribution in [-0.2, 0) is 6.54 Å². The number of nitrogens with zero attached hydrogens (tertiary/aromatic N) is 6. The van der Waals surface area contributed by atoms with Crippen molar-refractivity contribution in [3.05, 3.63) is 101 Å². The fourth-order valence-corrected chi connectivity index (χ4v) is 5.72. The lowest BCUT2D eigenvalue weighted by molar-refractivity contribution is 0.547. The molecule has 4 aromatic heterocycles. The Morgan fingerprint density at radius 3 is 2.33 bits per heavy atom. The van der Waals surface area contributed by atoms with Gasteiger partial charge in [-0.3, -0.25) is 4.68 Å². The highest BCUT2D eigenvalue weighted by atomic mass is 15.3. The molecule has 0 radical (unpaired) electrons. The van der Waals surface area contributed by atoms with E-state index in [-0.39, 0.29) is 0 Å². The topological polar surface area (TPSA) is 52.9 Å². The fourth-order valence-electron chi connectivity index (χ4n) is 5.72. The second-order valence-corrected chi connectivity index (χ2v) is 10.7. The van der Waals surface area contributed by atoms with Crippen molar-refractivity contribution in [1.82, 2.24) is 28.9 Å². The number of aryl methyl sites for hydroxylation is 2. The second-order valence-electron chi connectivity index (χ2n) is 10.7. The van der Waals surface area contributed by atoms with E-state index < -0.39 is 0 Å².